The second-order valence-electron chi connectivity index (χ2n) is 7.06. The number of benzene rings is 1. The largest absolute Gasteiger partial charge is 0.363 e. The van der Waals surface area contributed by atoms with Crippen molar-refractivity contribution >= 4 is 11.7 Å². The SMILES string of the molecule is Cc1cccc(-n2c(C)cc(C(=O)NCc3ccc(N(C)C)nc3)c2C)c1. The summed E-state index contributed by atoms with van der Waals surface area (Å²) >= 11 is 0. The van der Waals surface area contributed by atoms with E-state index in [1.54, 1.807) is 6.20 Å². The minimum Gasteiger partial charge on any atom is -0.363 e. The third-order valence-corrected chi connectivity index (χ3v) is 4.66. The number of amides is 1. The van der Waals surface area contributed by atoms with E-state index in [9.17, 15) is 4.79 Å². The highest BCUT2D eigenvalue weighted by Gasteiger charge is 2.16. The van der Waals surface area contributed by atoms with Crippen LogP contribution in [0.2, 0.25) is 0 Å². The smallest absolute Gasteiger partial charge is 0.253 e. The van der Waals surface area contributed by atoms with E-state index in [0.717, 1.165) is 28.5 Å². The molecule has 0 aliphatic carbocycles. The molecule has 2 aromatic heterocycles. The van der Waals surface area contributed by atoms with Crippen LogP contribution in [-0.4, -0.2) is 29.6 Å². The van der Waals surface area contributed by atoms with Crippen LogP contribution >= 0.6 is 0 Å². The van der Waals surface area contributed by atoms with E-state index in [2.05, 4.69) is 40.0 Å². The van der Waals surface area contributed by atoms with Gasteiger partial charge in [-0.25, -0.2) is 4.98 Å². The summed E-state index contributed by atoms with van der Waals surface area (Å²) in [6.07, 6.45) is 1.80. The van der Waals surface area contributed by atoms with Crippen molar-refractivity contribution in [3.63, 3.8) is 0 Å². The van der Waals surface area contributed by atoms with Crippen molar-refractivity contribution in [1.82, 2.24) is 14.9 Å². The molecule has 0 fully saturated rings. The molecule has 1 N–H and O–H groups in total. The fourth-order valence-corrected chi connectivity index (χ4v) is 3.22. The molecular weight excluding hydrogens is 336 g/mol. The van der Waals surface area contributed by atoms with Gasteiger partial charge in [0.2, 0.25) is 0 Å². The predicted molar refractivity (Wildman–Crippen MR) is 110 cm³/mol. The molecule has 0 radical (unpaired) electrons. The monoisotopic (exact) mass is 362 g/mol. The lowest BCUT2D eigenvalue weighted by Gasteiger charge is -2.12. The number of carbonyl (C=O) groups is 1. The lowest BCUT2D eigenvalue weighted by atomic mass is 10.2. The highest BCUT2D eigenvalue weighted by atomic mass is 16.1. The fourth-order valence-electron chi connectivity index (χ4n) is 3.22. The Morgan fingerprint density at radius 2 is 1.89 bits per heavy atom. The summed E-state index contributed by atoms with van der Waals surface area (Å²) in [5.74, 6) is 0.825. The molecule has 0 unspecified atom stereocenters. The van der Waals surface area contributed by atoms with Gasteiger partial charge in [0.05, 0.1) is 5.56 Å². The molecule has 0 bridgehead atoms. The number of rotatable bonds is 5. The lowest BCUT2D eigenvalue weighted by molar-refractivity contribution is 0.0950. The van der Waals surface area contributed by atoms with Crippen LogP contribution in [0.1, 0.15) is 32.9 Å². The van der Waals surface area contributed by atoms with Crippen LogP contribution in [-0.2, 0) is 6.54 Å². The minimum atomic E-state index is -0.0707. The van der Waals surface area contributed by atoms with Crippen molar-refractivity contribution in [2.24, 2.45) is 0 Å². The summed E-state index contributed by atoms with van der Waals surface area (Å²) in [5.41, 5.74) is 5.93. The topological polar surface area (TPSA) is 50.2 Å². The van der Waals surface area contributed by atoms with Crippen LogP contribution in [0.15, 0.2) is 48.7 Å². The zero-order valence-electron chi connectivity index (χ0n) is 16.6. The second-order valence-corrected chi connectivity index (χ2v) is 7.06. The minimum absolute atomic E-state index is 0.0707. The Balaban J connectivity index is 1.76. The van der Waals surface area contributed by atoms with Gasteiger partial charge in [-0.05, 0) is 56.2 Å². The van der Waals surface area contributed by atoms with Crippen LogP contribution in [0, 0.1) is 20.8 Å². The maximum absolute atomic E-state index is 12.7. The highest BCUT2D eigenvalue weighted by molar-refractivity contribution is 5.95. The third kappa shape index (κ3) is 4.03. The van der Waals surface area contributed by atoms with E-state index in [4.69, 9.17) is 0 Å². The van der Waals surface area contributed by atoms with Crippen molar-refractivity contribution < 1.29 is 4.79 Å². The molecule has 5 nitrogen and oxygen atoms in total. The quantitative estimate of drug-likeness (QED) is 0.751. The molecule has 0 spiro atoms. The number of anilines is 1. The van der Waals surface area contributed by atoms with Crippen LogP contribution < -0.4 is 10.2 Å². The molecule has 2 heterocycles. The van der Waals surface area contributed by atoms with Gasteiger partial charge < -0.3 is 14.8 Å². The van der Waals surface area contributed by atoms with Crippen molar-refractivity contribution in [3.8, 4) is 5.69 Å². The number of aryl methyl sites for hydroxylation is 2. The first-order chi connectivity index (χ1) is 12.9. The molecule has 3 aromatic rings. The summed E-state index contributed by atoms with van der Waals surface area (Å²) < 4.78 is 2.12. The van der Waals surface area contributed by atoms with E-state index in [1.807, 2.05) is 57.1 Å². The van der Waals surface area contributed by atoms with Gasteiger partial charge in [0.15, 0.2) is 0 Å². The highest BCUT2D eigenvalue weighted by Crippen LogP contribution is 2.21. The average molecular weight is 362 g/mol. The van der Waals surface area contributed by atoms with E-state index in [-0.39, 0.29) is 5.91 Å². The molecule has 3 rings (SSSR count). The Kier molecular flexibility index (Phi) is 5.31. The van der Waals surface area contributed by atoms with Gasteiger partial charge in [-0.3, -0.25) is 4.79 Å². The Morgan fingerprint density at radius 1 is 1.11 bits per heavy atom. The number of nitrogens with zero attached hydrogens (tertiary/aromatic N) is 3. The molecule has 1 aromatic carbocycles. The number of hydrogen-bond donors (Lipinski definition) is 1. The second kappa shape index (κ2) is 7.66. The van der Waals surface area contributed by atoms with Gasteiger partial charge in [0.25, 0.3) is 5.91 Å². The van der Waals surface area contributed by atoms with Gasteiger partial charge in [-0.2, -0.15) is 0 Å². The first-order valence-electron chi connectivity index (χ1n) is 9.03. The summed E-state index contributed by atoms with van der Waals surface area (Å²) in [6.45, 7) is 6.53. The maximum atomic E-state index is 12.7. The van der Waals surface area contributed by atoms with Crippen LogP contribution in [0.25, 0.3) is 5.69 Å². The van der Waals surface area contributed by atoms with E-state index >= 15 is 0 Å². The third-order valence-electron chi connectivity index (χ3n) is 4.66. The summed E-state index contributed by atoms with van der Waals surface area (Å²) in [7, 11) is 3.90. The van der Waals surface area contributed by atoms with Gasteiger partial charge >= 0.3 is 0 Å². The molecule has 0 saturated carbocycles. The Bertz CT molecular complexity index is 955. The number of carbonyl (C=O) groups excluding carboxylic acids is 1. The van der Waals surface area contributed by atoms with Gasteiger partial charge in [-0.15, -0.1) is 0 Å². The Hall–Kier alpha value is -3.08. The standard InChI is InChI=1S/C22H26N4O/c1-15-7-6-8-19(11-15)26-16(2)12-20(17(26)3)22(27)24-14-18-9-10-21(23-13-18)25(4)5/h6-13H,14H2,1-5H3,(H,24,27). The normalized spacial score (nSPS) is 10.7. The molecule has 0 aliphatic rings. The molecular formula is C22H26N4O. The Morgan fingerprint density at radius 3 is 2.52 bits per heavy atom. The summed E-state index contributed by atoms with van der Waals surface area (Å²) in [6, 6.07) is 14.2. The summed E-state index contributed by atoms with van der Waals surface area (Å²) in [4.78, 5) is 19.1. The molecule has 27 heavy (non-hydrogen) atoms. The number of nitrogens with one attached hydrogen (secondary N) is 1. The number of pyridine rings is 1. The zero-order chi connectivity index (χ0) is 19.6. The average Bonchev–Trinajstić information content (AvgIpc) is 2.94. The Labute approximate surface area is 160 Å². The first kappa shape index (κ1) is 18.7. The lowest BCUT2D eigenvalue weighted by Crippen LogP contribution is -2.23. The van der Waals surface area contributed by atoms with Crippen LogP contribution in [0.5, 0.6) is 0 Å². The summed E-state index contributed by atoms with van der Waals surface area (Å²) in [5, 5.41) is 3.00. The zero-order valence-corrected chi connectivity index (χ0v) is 16.6. The van der Waals surface area contributed by atoms with Gasteiger partial charge in [-0.1, -0.05) is 18.2 Å². The fraction of sp³-hybridized carbons (Fsp3) is 0.273. The van der Waals surface area contributed by atoms with Crippen LogP contribution in [0.4, 0.5) is 5.82 Å². The molecule has 0 atom stereocenters. The number of aromatic nitrogens is 2. The maximum Gasteiger partial charge on any atom is 0.253 e. The van der Waals surface area contributed by atoms with E-state index in [1.165, 1.54) is 5.56 Å². The molecule has 5 heteroatoms. The first-order valence-corrected chi connectivity index (χ1v) is 9.03. The molecule has 0 aliphatic heterocycles. The van der Waals surface area contributed by atoms with Crippen molar-refractivity contribution in [3.05, 3.63) is 76.7 Å². The van der Waals surface area contributed by atoms with Crippen molar-refractivity contribution in [2.45, 2.75) is 27.3 Å². The molecule has 140 valence electrons. The van der Waals surface area contributed by atoms with Crippen molar-refractivity contribution in [1.29, 1.82) is 0 Å². The van der Waals surface area contributed by atoms with E-state index < -0.39 is 0 Å². The predicted octanol–water partition coefficient (Wildman–Crippen LogP) is 3.79. The van der Waals surface area contributed by atoms with E-state index in [0.29, 0.717) is 12.1 Å². The number of hydrogen-bond acceptors (Lipinski definition) is 3. The molecule has 1 amide bonds. The van der Waals surface area contributed by atoms with Crippen molar-refractivity contribution in [2.75, 3.05) is 19.0 Å². The van der Waals surface area contributed by atoms with Gasteiger partial charge in [0.1, 0.15) is 5.82 Å². The molecule has 0 saturated heterocycles. The van der Waals surface area contributed by atoms with Gasteiger partial charge in [0, 0.05) is 43.9 Å². The van der Waals surface area contributed by atoms with Crippen LogP contribution in [0.3, 0.4) is 0 Å².